The van der Waals surface area contributed by atoms with E-state index in [0.717, 1.165) is 56.6 Å². The largest absolute Gasteiger partial charge is 0.496 e. The molecule has 1 fully saturated rings. The number of methoxy groups -OCH3 is 1. The SMILES string of the molecule is COc1cc(C(=O)N(C)[C@H]2CCCN(CCCc3ccccc3)C2)ccc1C. The minimum Gasteiger partial charge on any atom is -0.496 e. The molecular formula is C24H32N2O2. The van der Waals surface area contributed by atoms with Crippen molar-refractivity contribution in [2.45, 2.75) is 38.6 Å². The number of carbonyl (C=O) groups excluding carboxylic acids is 1. The summed E-state index contributed by atoms with van der Waals surface area (Å²) in [5.74, 6) is 0.847. The Bertz CT molecular complexity index is 775. The summed E-state index contributed by atoms with van der Waals surface area (Å²) in [6.45, 7) is 5.17. The van der Waals surface area contributed by atoms with Crippen LogP contribution >= 0.6 is 0 Å². The molecule has 150 valence electrons. The molecule has 0 spiro atoms. The molecule has 4 heteroatoms. The van der Waals surface area contributed by atoms with Gasteiger partial charge in [-0.15, -0.1) is 0 Å². The molecule has 4 nitrogen and oxygen atoms in total. The monoisotopic (exact) mass is 380 g/mol. The first-order valence-corrected chi connectivity index (χ1v) is 10.3. The van der Waals surface area contributed by atoms with E-state index in [1.807, 2.05) is 37.1 Å². The summed E-state index contributed by atoms with van der Waals surface area (Å²) in [5, 5.41) is 0. The molecule has 28 heavy (non-hydrogen) atoms. The summed E-state index contributed by atoms with van der Waals surface area (Å²) in [7, 11) is 3.58. The Morgan fingerprint density at radius 3 is 2.75 bits per heavy atom. The highest BCUT2D eigenvalue weighted by molar-refractivity contribution is 5.94. The van der Waals surface area contributed by atoms with Crippen LogP contribution in [0.1, 0.15) is 40.7 Å². The van der Waals surface area contributed by atoms with E-state index >= 15 is 0 Å². The lowest BCUT2D eigenvalue weighted by molar-refractivity contribution is 0.0616. The van der Waals surface area contributed by atoms with Gasteiger partial charge >= 0.3 is 0 Å². The third-order valence-electron chi connectivity index (χ3n) is 5.79. The Hall–Kier alpha value is -2.33. The summed E-state index contributed by atoms with van der Waals surface area (Å²) in [4.78, 5) is 17.4. The first-order chi connectivity index (χ1) is 13.6. The number of likely N-dealkylation sites (N-methyl/N-ethyl adjacent to an activating group) is 1. The Labute approximate surface area is 169 Å². The summed E-state index contributed by atoms with van der Waals surface area (Å²) in [6.07, 6.45) is 4.48. The zero-order chi connectivity index (χ0) is 19.9. The number of rotatable bonds is 7. The summed E-state index contributed by atoms with van der Waals surface area (Å²) in [5.41, 5.74) is 3.15. The number of benzene rings is 2. The lowest BCUT2D eigenvalue weighted by atomic mass is 10.0. The maximum Gasteiger partial charge on any atom is 0.254 e. The Balaban J connectivity index is 1.54. The van der Waals surface area contributed by atoms with Gasteiger partial charge in [-0.05, 0) is 69.0 Å². The molecule has 2 aromatic carbocycles. The highest BCUT2D eigenvalue weighted by Gasteiger charge is 2.26. The van der Waals surface area contributed by atoms with Gasteiger partial charge in [-0.25, -0.2) is 0 Å². The molecule has 0 aromatic heterocycles. The minimum atomic E-state index is 0.0782. The molecule has 0 aliphatic carbocycles. The second kappa shape index (κ2) is 9.74. The van der Waals surface area contributed by atoms with Gasteiger partial charge in [0.2, 0.25) is 0 Å². The zero-order valence-corrected chi connectivity index (χ0v) is 17.4. The van der Waals surface area contributed by atoms with Gasteiger partial charge in [0.25, 0.3) is 5.91 Å². The average molecular weight is 381 g/mol. The highest BCUT2D eigenvalue weighted by Crippen LogP contribution is 2.22. The van der Waals surface area contributed by atoms with Crippen LogP contribution in [0.5, 0.6) is 5.75 Å². The van der Waals surface area contributed by atoms with E-state index in [4.69, 9.17) is 4.74 Å². The topological polar surface area (TPSA) is 32.8 Å². The van der Waals surface area contributed by atoms with Gasteiger partial charge in [0.1, 0.15) is 5.75 Å². The molecule has 0 bridgehead atoms. The highest BCUT2D eigenvalue weighted by atomic mass is 16.5. The fourth-order valence-electron chi connectivity index (χ4n) is 4.02. The maximum absolute atomic E-state index is 13.0. The summed E-state index contributed by atoms with van der Waals surface area (Å²) >= 11 is 0. The first kappa shape index (κ1) is 20.4. The molecule has 1 amide bonds. The van der Waals surface area contributed by atoms with Crippen LogP contribution in [0, 0.1) is 6.92 Å². The second-order valence-corrected chi connectivity index (χ2v) is 7.79. The molecule has 1 saturated heterocycles. The van der Waals surface area contributed by atoms with E-state index in [0.29, 0.717) is 5.56 Å². The third kappa shape index (κ3) is 5.14. The minimum absolute atomic E-state index is 0.0782. The quantitative estimate of drug-likeness (QED) is 0.723. The van der Waals surface area contributed by atoms with E-state index in [9.17, 15) is 4.79 Å². The number of nitrogens with zero attached hydrogens (tertiary/aromatic N) is 2. The van der Waals surface area contributed by atoms with E-state index in [1.54, 1.807) is 7.11 Å². The van der Waals surface area contributed by atoms with Crippen molar-refractivity contribution in [2.75, 3.05) is 33.8 Å². The predicted octanol–water partition coefficient (Wildman–Crippen LogP) is 4.17. The number of hydrogen-bond donors (Lipinski definition) is 0. The van der Waals surface area contributed by atoms with Crippen molar-refractivity contribution >= 4 is 5.91 Å². The normalized spacial score (nSPS) is 17.3. The van der Waals surface area contributed by atoms with E-state index in [1.165, 1.54) is 5.56 Å². The van der Waals surface area contributed by atoms with Gasteiger partial charge in [0.05, 0.1) is 7.11 Å². The smallest absolute Gasteiger partial charge is 0.254 e. The molecule has 2 aromatic rings. The molecule has 1 atom stereocenters. The second-order valence-electron chi connectivity index (χ2n) is 7.79. The molecule has 3 rings (SSSR count). The first-order valence-electron chi connectivity index (χ1n) is 10.3. The van der Waals surface area contributed by atoms with Crippen LogP contribution in [0.3, 0.4) is 0 Å². The van der Waals surface area contributed by atoms with Gasteiger partial charge in [-0.3, -0.25) is 4.79 Å². The van der Waals surface area contributed by atoms with Gasteiger partial charge in [-0.2, -0.15) is 0 Å². The number of piperidine rings is 1. The van der Waals surface area contributed by atoms with Crippen LogP contribution in [0.15, 0.2) is 48.5 Å². The molecule has 0 N–H and O–H groups in total. The van der Waals surface area contributed by atoms with Gasteiger partial charge in [-0.1, -0.05) is 36.4 Å². The van der Waals surface area contributed by atoms with Crippen molar-refractivity contribution in [3.63, 3.8) is 0 Å². The number of amides is 1. The van der Waals surface area contributed by atoms with Gasteiger partial charge < -0.3 is 14.5 Å². The lowest BCUT2D eigenvalue weighted by Gasteiger charge is -2.37. The number of aryl methyl sites for hydroxylation is 2. The van der Waals surface area contributed by atoms with Gasteiger partial charge in [0, 0.05) is 25.2 Å². The van der Waals surface area contributed by atoms with E-state index in [-0.39, 0.29) is 11.9 Å². The van der Waals surface area contributed by atoms with Crippen molar-refractivity contribution < 1.29 is 9.53 Å². The van der Waals surface area contributed by atoms with Crippen molar-refractivity contribution in [3.8, 4) is 5.75 Å². The molecule has 1 aliphatic heterocycles. The van der Waals surface area contributed by atoms with Gasteiger partial charge in [0.15, 0.2) is 0 Å². The summed E-state index contributed by atoms with van der Waals surface area (Å²) < 4.78 is 5.38. The number of hydrogen-bond acceptors (Lipinski definition) is 3. The number of ether oxygens (including phenoxy) is 1. The predicted molar refractivity (Wildman–Crippen MR) is 114 cm³/mol. The molecule has 1 aliphatic rings. The number of carbonyl (C=O) groups is 1. The van der Waals surface area contributed by atoms with Crippen molar-refractivity contribution in [3.05, 3.63) is 65.2 Å². The van der Waals surface area contributed by atoms with Crippen molar-refractivity contribution in [2.24, 2.45) is 0 Å². The van der Waals surface area contributed by atoms with Crippen LogP contribution in [0.2, 0.25) is 0 Å². The van der Waals surface area contributed by atoms with Crippen LogP contribution in [-0.2, 0) is 6.42 Å². The van der Waals surface area contributed by atoms with E-state index < -0.39 is 0 Å². The standard InChI is InChI=1S/C24H32N2O2/c1-19-13-14-21(17-23(19)28-3)24(27)25(2)22-12-8-16-26(18-22)15-7-11-20-9-5-4-6-10-20/h4-6,9-10,13-14,17,22H,7-8,11-12,15-16,18H2,1-3H3/t22-/m0/s1. The fraction of sp³-hybridized carbons (Fsp3) is 0.458. The summed E-state index contributed by atoms with van der Waals surface area (Å²) in [6, 6.07) is 16.6. The average Bonchev–Trinajstić information content (AvgIpc) is 2.74. The van der Waals surface area contributed by atoms with Crippen molar-refractivity contribution in [1.82, 2.24) is 9.80 Å². The fourth-order valence-corrected chi connectivity index (χ4v) is 4.02. The molecule has 0 unspecified atom stereocenters. The third-order valence-corrected chi connectivity index (χ3v) is 5.79. The van der Waals surface area contributed by atoms with Crippen LogP contribution in [0.25, 0.3) is 0 Å². The van der Waals surface area contributed by atoms with E-state index in [2.05, 4.69) is 35.2 Å². The Kier molecular flexibility index (Phi) is 7.10. The molecule has 1 heterocycles. The van der Waals surface area contributed by atoms with Crippen LogP contribution in [0.4, 0.5) is 0 Å². The Morgan fingerprint density at radius 1 is 1.21 bits per heavy atom. The Morgan fingerprint density at radius 2 is 2.00 bits per heavy atom. The maximum atomic E-state index is 13.0. The number of likely N-dealkylation sites (tertiary alicyclic amines) is 1. The van der Waals surface area contributed by atoms with Crippen molar-refractivity contribution in [1.29, 1.82) is 0 Å². The van der Waals surface area contributed by atoms with Crippen LogP contribution in [-0.4, -0.2) is 55.5 Å². The van der Waals surface area contributed by atoms with Crippen LogP contribution < -0.4 is 4.74 Å². The molecule has 0 saturated carbocycles. The molecular weight excluding hydrogens is 348 g/mol. The molecule has 0 radical (unpaired) electrons. The lowest BCUT2D eigenvalue weighted by Crippen LogP contribution is -2.48. The zero-order valence-electron chi connectivity index (χ0n) is 17.4.